The molecule has 1 saturated carbocycles. The molecule has 0 aromatic heterocycles. The minimum absolute atomic E-state index is 0.0450. The number of aliphatic hydroxyl groups is 1. The molecule has 1 aromatic carbocycles. The number of aliphatic hydroxyl groups excluding tert-OH is 1. The van der Waals surface area contributed by atoms with Crippen LogP contribution in [0.2, 0.25) is 0 Å². The Labute approximate surface area is 125 Å². The van der Waals surface area contributed by atoms with E-state index in [1.807, 2.05) is 0 Å². The van der Waals surface area contributed by atoms with E-state index in [-0.39, 0.29) is 25.2 Å². The number of rotatable bonds is 6. The Balaban J connectivity index is 1.87. The van der Waals surface area contributed by atoms with Gasteiger partial charge in [-0.2, -0.15) is 0 Å². The smallest absolute Gasteiger partial charge is 0.258 e. The van der Waals surface area contributed by atoms with Gasteiger partial charge in [0.15, 0.2) is 6.61 Å². The zero-order chi connectivity index (χ0) is 15.1. The number of hydrogen-bond acceptors (Lipinski definition) is 4. The van der Waals surface area contributed by atoms with Crippen molar-refractivity contribution in [2.75, 3.05) is 13.7 Å². The number of benzene rings is 1. The van der Waals surface area contributed by atoms with Gasteiger partial charge in [-0.3, -0.25) is 4.79 Å². The Bertz CT molecular complexity index is 469. The summed E-state index contributed by atoms with van der Waals surface area (Å²) in [5.74, 6) is 0.999. The molecular formula is C16H23NO4. The van der Waals surface area contributed by atoms with E-state index in [2.05, 4.69) is 5.32 Å². The first kappa shape index (κ1) is 15.6. The predicted molar refractivity (Wildman–Crippen MR) is 79.4 cm³/mol. The van der Waals surface area contributed by atoms with E-state index < -0.39 is 0 Å². The fourth-order valence-corrected chi connectivity index (χ4v) is 2.59. The van der Waals surface area contributed by atoms with Gasteiger partial charge in [0.25, 0.3) is 5.91 Å². The van der Waals surface area contributed by atoms with Crippen LogP contribution in [0.25, 0.3) is 0 Å². The second-order valence-electron chi connectivity index (χ2n) is 5.32. The van der Waals surface area contributed by atoms with Gasteiger partial charge in [0.1, 0.15) is 11.5 Å². The van der Waals surface area contributed by atoms with Gasteiger partial charge in [-0.1, -0.05) is 19.3 Å². The minimum atomic E-state index is -0.135. The molecule has 116 valence electrons. The molecule has 0 atom stereocenters. The molecular weight excluding hydrogens is 270 g/mol. The van der Waals surface area contributed by atoms with Gasteiger partial charge >= 0.3 is 0 Å². The summed E-state index contributed by atoms with van der Waals surface area (Å²) in [6.07, 6.45) is 5.71. The molecule has 2 N–H and O–H groups in total. The predicted octanol–water partition coefficient (Wildman–Crippen LogP) is 2.02. The van der Waals surface area contributed by atoms with Crippen molar-refractivity contribution in [1.29, 1.82) is 0 Å². The average Bonchev–Trinajstić information content (AvgIpc) is 2.53. The molecule has 21 heavy (non-hydrogen) atoms. The zero-order valence-electron chi connectivity index (χ0n) is 12.4. The minimum Gasteiger partial charge on any atom is -0.497 e. The number of methoxy groups -OCH3 is 1. The van der Waals surface area contributed by atoms with Crippen molar-refractivity contribution in [2.24, 2.45) is 0 Å². The summed E-state index contributed by atoms with van der Waals surface area (Å²) >= 11 is 0. The lowest BCUT2D eigenvalue weighted by atomic mass is 9.95. The third-order valence-corrected chi connectivity index (χ3v) is 3.77. The molecule has 5 heteroatoms. The molecule has 0 bridgehead atoms. The van der Waals surface area contributed by atoms with Gasteiger partial charge in [-0.05, 0) is 25.0 Å². The maximum atomic E-state index is 11.9. The second kappa shape index (κ2) is 7.88. The number of hydrogen-bond donors (Lipinski definition) is 2. The number of nitrogens with one attached hydrogen (secondary N) is 1. The lowest BCUT2D eigenvalue weighted by Gasteiger charge is -2.22. The van der Waals surface area contributed by atoms with Gasteiger partial charge in [0.2, 0.25) is 0 Å². The van der Waals surface area contributed by atoms with Crippen LogP contribution < -0.4 is 14.8 Å². The molecule has 0 aliphatic heterocycles. The molecule has 1 amide bonds. The maximum Gasteiger partial charge on any atom is 0.258 e. The number of carbonyl (C=O) groups is 1. The van der Waals surface area contributed by atoms with Crippen molar-refractivity contribution in [2.45, 2.75) is 44.8 Å². The van der Waals surface area contributed by atoms with E-state index >= 15 is 0 Å². The highest BCUT2D eigenvalue weighted by molar-refractivity contribution is 5.77. The van der Waals surface area contributed by atoms with Gasteiger partial charge < -0.3 is 19.9 Å². The molecule has 1 fully saturated rings. The lowest BCUT2D eigenvalue weighted by Crippen LogP contribution is -2.39. The molecule has 0 unspecified atom stereocenters. The van der Waals surface area contributed by atoms with E-state index in [4.69, 9.17) is 9.47 Å². The van der Waals surface area contributed by atoms with Crippen molar-refractivity contribution in [3.8, 4) is 11.5 Å². The van der Waals surface area contributed by atoms with Crippen LogP contribution in [0.1, 0.15) is 37.7 Å². The Kier molecular flexibility index (Phi) is 5.87. The average molecular weight is 293 g/mol. The van der Waals surface area contributed by atoms with Crippen LogP contribution in [0.3, 0.4) is 0 Å². The van der Waals surface area contributed by atoms with Crippen molar-refractivity contribution in [3.05, 3.63) is 23.8 Å². The van der Waals surface area contributed by atoms with Crippen LogP contribution in [0.15, 0.2) is 18.2 Å². The number of ether oxygens (including phenoxy) is 2. The number of amides is 1. The summed E-state index contributed by atoms with van der Waals surface area (Å²) in [7, 11) is 1.56. The fourth-order valence-electron chi connectivity index (χ4n) is 2.59. The van der Waals surface area contributed by atoms with Crippen LogP contribution >= 0.6 is 0 Å². The first-order chi connectivity index (χ1) is 10.2. The summed E-state index contributed by atoms with van der Waals surface area (Å²) in [5, 5.41) is 12.3. The molecule has 2 rings (SSSR count). The molecule has 5 nitrogen and oxygen atoms in total. The third kappa shape index (κ3) is 4.63. The topological polar surface area (TPSA) is 67.8 Å². The third-order valence-electron chi connectivity index (χ3n) is 3.77. The van der Waals surface area contributed by atoms with Crippen LogP contribution in [0.4, 0.5) is 0 Å². The monoisotopic (exact) mass is 293 g/mol. The highest BCUT2D eigenvalue weighted by atomic mass is 16.5. The van der Waals surface area contributed by atoms with E-state index in [1.165, 1.54) is 19.3 Å². The van der Waals surface area contributed by atoms with E-state index in [1.54, 1.807) is 25.3 Å². The van der Waals surface area contributed by atoms with Crippen molar-refractivity contribution in [3.63, 3.8) is 0 Å². The van der Waals surface area contributed by atoms with E-state index in [0.29, 0.717) is 17.1 Å². The highest BCUT2D eigenvalue weighted by Crippen LogP contribution is 2.25. The summed E-state index contributed by atoms with van der Waals surface area (Å²) in [6, 6.07) is 5.44. The molecule has 1 aliphatic rings. The maximum absolute atomic E-state index is 11.9. The van der Waals surface area contributed by atoms with Crippen molar-refractivity contribution < 1.29 is 19.4 Å². The molecule has 1 aromatic rings. The standard InChI is InChI=1S/C16H23NO4/c1-20-14-8-7-12(10-18)15(9-14)21-11-16(19)17-13-5-3-2-4-6-13/h7-9,13,18H,2-6,10-11H2,1H3,(H,17,19). The fraction of sp³-hybridized carbons (Fsp3) is 0.562. The van der Waals surface area contributed by atoms with E-state index in [9.17, 15) is 9.90 Å². The first-order valence-corrected chi connectivity index (χ1v) is 7.43. The summed E-state index contributed by atoms with van der Waals surface area (Å²) in [5.41, 5.74) is 0.640. The second-order valence-corrected chi connectivity index (χ2v) is 5.32. The van der Waals surface area contributed by atoms with Crippen LogP contribution in [-0.4, -0.2) is 30.8 Å². The molecule has 1 aliphatic carbocycles. The first-order valence-electron chi connectivity index (χ1n) is 7.43. The largest absolute Gasteiger partial charge is 0.497 e. The van der Waals surface area contributed by atoms with E-state index in [0.717, 1.165) is 12.8 Å². The van der Waals surface area contributed by atoms with Gasteiger partial charge in [-0.15, -0.1) is 0 Å². The van der Waals surface area contributed by atoms with Crippen LogP contribution in [0, 0.1) is 0 Å². The Hall–Kier alpha value is -1.75. The Morgan fingerprint density at radius 2 is 2.10 bits per heavy atom. The molecule has 0 radical (unpaired) electrons. The van der Waals surface area contributed by atoms with Crippen LogP contribution in [0.5, 0.6) is 11.5 Å². The molecule has 0 spiro atoms. The zero-order valence-corrected chi connectivity index (χ0v) is 12.4. The molecule has 0 saturated heterocycles. The van der Waals surface area contributed by atoms with Crippen molar-refractivity contribution in [1.82, 2.24) is 5.32 Å². The van der Waals surface area contributed by atoms with Gasteiger partial charge in [-0.25, -0.2) is 0 Å². The van der Waals surface area contributed by atoms with Gasteiger partial charge in [0, 0.05) is 17.7 Å². The summed E-state index contributed by atoms with van der Waals surface area (Å²) < 4.78 is 10.6. The highest BCUT2D eigenvalue weighted by Gasteiger charge is 2.16. The van der Waals surface area contributed by atoms with Gasteiger partial charge in [0.05, 0.1) is 13.7 Å². The van der Waals surface area contributed by atoms with Crippen LogP contribution in [-0.2, 0) is 11.4 Å². The normalized spacial score (nSPS) is 15.5. The molecule has 0 heterocycles. The summed E-state index contributed by atoms with van der Waals surface area (Å²) in [4.78, 5) is 11.9. The Morgan fingerprint density at radius 1 is 1.33 bits per heavy atom. The number of carbonyl (C=O) groups excluding carboxylic acids is 1. The lowest BCUT2D eigenvalue weighted by molar-refractivity contribution is -0.124. The SMILES string of the molecule is COc1ccc(CO)c(OCC(=O)NC2CCCCC2)c1. The quantitative estimate of drug-likeness (QED) is 0.842. The van der Waals surface area contributed by atoms with Crippen molar-refractivity contribution >= 4 is 5.91 Å². The Morgan fingerprint density at radius 3 is 2.76 bits per heavy atom. The summed E-state index contributed by atoms with van der Waals surface area (Å²) in [6.45, 7) is -0.180.